The van der Waals surface area contributed by atoms with Crippen molar-refractivity contribution in [3.05, 3.63) is 89.9 Å². The Balaban J connectivity index is 1.53. The summed E-state index contributed by atoms with van der Waals surface area (Å²) in [6.45, 7) is 1.68. The molecule has 5 N–H and O–H groups in total. The lowest BCUT2D eigenvalue weighted by atomic mass is 10.1. The highest BCUT2D eigenvalue weighted by molar-refractivity contribution is 5.94. The molecule has 0 saturated carbocycles. The highest BCUT2D eigenvalue weighted by Gasteiger charge is 2.17. The minimum atomic E-state index is -0.505. The quantitative estimate of drug-likeness (QED) is 0.305. The summed E-state index contributed by atoms with van der Waals surface area (Å²) >= 11 is 0. The standard InChI is InChI=1S/C24H23N5O3/c1-15-12-26-24(27-18-8-5-9-19(31)11-18)29-22(15)17-10-20(25-13-17)23(32)28-21(14-30)16-6-3-2-4-7-16/h2-13,21,25,30-31H,14H2,1H3,(H,28,32)(H,26,27,29). The number of aryl methyl sites for hydroxylation is 1. The molecule has 0 aliphatic rings. The van der Waals surface area contributed by atoms with Crippen LogP contribution in [-0.2, 0) is 0 Å². The highest BCUT2D eigenvalue weighted by atomic mass is 16.3. The monoisotopic (exact) mass is 429 g/mol. The number of rotatable bonds is 7. The molecule has 0 bridgehead atoms. The van der Waals surface area contributed by atoms with Crippen LogP contribution in [0.1, 0.15) is 27.7 Å². The zero-order valence-electron chi connectivity index (χ0n) is 17.4. The molecule has 8 nitrogen and oxygen atoms in total. The summed E-state index contributed by atoms with van der Waals surface area (Å²) < 4.78 is 0. The van der Waals surface area contributed by atoms with Crippen LogP contribution >= 0.6 is 0 Å². The van der Waals surface area contributed by atoms with Gasteiger partial charge in [0.2, 0.25) is 5.95 Å². The van der Waals surface area contributed by atoms with Crippen LogP contribution in [0.25, 0.3) is 11.3 Å². The summed E-state index contributed by atoms with van der Waals surface area (Å²) in [4.78, 5) is 24.6. The van der Waals surface area contributed by atoms with E-state index < -0.39 is 6.04 Å². The first-order valence-corrected chi connectivity index (χ1v) is 10.1. The molecule has 162 valence electrons. The molecule has 0 radical (unpaired) electrons. The summed E-state index contributed by atoms with van der Waals surface area (Å²) in [5, 5.41) is 25.2. The first-order chi connectivity index (χ1) is 15.5. The molecular weight excluding hydrogens is 406 g/mol. The maximum absolute atomic E-state index is 12.7. The Morgan fingerprint density at radius 2 is 1.94 bits per heavy atom. The predicted molar refractivity (Wildman–Crippen MR) is 122 cm³/mol. The van der Waals surface area contributed by atoms with Gasteiger partial charge in [0, 0.05) is 29.7 Å². The first-order valence-electron chi connectivity index (χ1n) is 10.1. The number of hydrogen-bond acceptors (Lipinski definition) is 6. The van der Waals surface area contributed by atoms with Crippen molar-refractivity contribution in [1.29, 1.82) is 0 Å². The van der Waals surface area contributed by atoms with Crippen molar-refractivity contribution in [2.24, 2.45) is 0 Å². The van der Waals surface area contributed by atoms with Gasteiger partial charge in [-0.2, -0.15) is 0 Å². The predicted octanol–water partition coefficient (Wildman–Crippen LogP) is 3.69. The number of hydrogen-bond donors (Lipinski definition) is 5. The van der Waals surface area contributed by atoms with Gasteiger partial charge in [-0.25, -0.2) is 9.97 Å². The molecular formula is C24H23N5O3. The molecule has 0 aliphatic heterocycles. The average molecular weight is 429 g/mol. The van der Waals surface area contributed by atoms with Crippen molar-refractivity contribution in [3.8, 4) is 17.0 Å². The fourth-order valence-electron chi connectivity index (χ4n) is 3.33. The molecule has 4 rings (SSSR count). The molecule has 32 heavy (non-hydrogen) atoms. The zero-order valence-corrected chi connectivity index (χ0v) is 17.4. The van der Waals surface area contributed by atoms with Gasteiger partial charge in [-0.05, 0) is 36.2 Å². The number of carbonyl (C=O) groups excluding carboxylic acids is 1. The number of anilines is 2. The van der Waals surface area contributed by atoms with Crippen molar-refractivity contribution in [3.63, 3.8) is 0 Å². The lowest BCUT2D eigenvalue weighted by Crippen LogP contribution is -2.30. The van der Waals surface area contributed by atoms with Crippen LogP contribution in [-0.4, -0.2) is 37.7 Å². The fraction of sp³-hybridized carbons (Fsp3) is 0.125. The zero-order chi connectivity index (χ0) is 22.5. The number of aromatic hydroxyl groups is 1. The van der Waals surface area contributed by atoms with E-state index in [0.717, 1.165) is 16.7 Å². The van der Waals surface area contributed by atoms with Gasteiger partial charge < -0.3 is 25.8 Å². The fourth-order valence-corrected chi connectivity index (χ4v) is 3.33. The Morgan fingerprint density at radius 1 is 1.12 bits per heavy atom. The molecule has 2 aromatic heterocycles. The number of benzene rings is 2. The van der Waals surface area contributed by atoms with E-state index in [4.69, 9.17) is 0 Å². The van der Waals surface area contributed by atoms with Crippen LogP contribution in [0, 0.1) is 6.92 Å². The summed E-state index contributed by atoms with van der Waals surface area (Å²) in [5.74, 6) is 0.178. The molecule has 1 atom stereocenters. The topological polar surface area (TPSA) is 123 Å². The number of aliphatic hydroxyl groups is 1. The van der Waals surface area contributed by atoms with E-state index in [1.807, 2.05) is 37.3 Å². The number of H-pyrrole nitrogens is 1. The number of aromatic amines is 1. The number of phenols is 1. The second kappa shape index (κ2) is 9.32. The number of amides is 1. The van der Waals surface area contributed by atoms with Gasteiger partial charge in [0.25, 0.3) is 5.91 Å². The minimum Gasteiger partial charge on any atom is -0.508 e. The number of carbonyl (C=O) groups is 1. The third-order valence-corrected chi connectivity index (χ3v) is 4.96. The number of nitrogens with zero attached hydrogens (tertiary/aromatic N) is 2. The Kier molecular flexibility index (Phi) is 6.14. The molecule has 1 amide bonds. The van der Waals surface area contributed by atoms with Gasteiger partial charge in [0.1, 0.15) is 11.4 Å². The minimum absolute atomic E-state index is 0.139. The summed E-state index contributed by atoms with van der Waals surface area (Å²) in [5.41, 5.74) is 4.08. The van der Waals surface area contributed by atoms with Crippen molar-refractivity contribution < 1.29 is 15.0 Å². The van der Waals surface area contributed by atoms with Crippen molar-refractivity contribution in [1.82, 2.24) is 20.3 Å². The Morgan fingerprint density at radius 3 is 2.69 bits per heavy atom. The number of phenolic OH excluding ortho intramolecular Hbond substituents is 1. The van der Waals surface area contributed by atoms with Crippen LogP contribution in [0.5, 0.6) is 5.75 Å². The van der Waals surface area contributed by atoms with Crippen molar-refractivity contribution in [2.45, 2.75) is 13.0 Å². The van der Waals surface area contributed by atoms with Crippen LogP contribution < -0.4 is 10.6 Å². The van der Waals surface area contributed by atoms with E-state index in [2.05, 4.69) is 25.6 Å². The summed E-state index contributed by atoms with van der Waals surface area (Å²) in [6, 6.07) is 17.2. The second-order valence-corrected chi connectivity index (χ2v) is 7.32. The Bertz CT molecular complexity index is 1220. The Hall–Kier alpha value is -4.17. The van der Waals surface area contributed by atoms with Crippen LogP contribution in [0.3, 0.4) is 0 Å². The molecule has 0 aliphatic carbocycles. The number of aliphatic hydroxyl groups excluding tert-OH is 1. The maximum atomic E-state index is 12.7. The van der Waals surface area contributed by atoms with Crippen LogP contribution in [0.4, 0.5) is 11.6 Å². The third-order valence-electron chi connectivity index (χ3n) is 4.96. The second-order valence-electron chi connectivity index (χ2n) is 7.32. The average Bonchev–Trinajstić information content (AvgIpc) is 3.29. The van der Waals surface area contributed by atoms with Gasteiger partial charge in [0.05, 0.1) is 18.3 Å². The summed E-state index contributed by atoms with van der Waals surface area (Å²) in [7, 11) is 0. The largest absolute Gasteiger partial charge is 0.508 e. The van der Waals surface area contributed by atoms with Crippen molar-refractivity contribution >= 4 is 17.5 Å². The van der Waals surface area contributed by atoms with E-state index >= 15 is 0 Å². The summed E-state index contributed by atoms with van der Waals surface area (Å²) in [6.07, 6.45) is 3.40. The smallest absolute Gasteiger partial charge is 0.268 e. The lowest BCUT2D eigenvalue weighted by molar-refractivity contribution is 0.0911. The maximum Gasteiger partial charge on any atom is 0.268 e. The molecule has 2 aromatic carbocycles. The van der Waals surface area contributed by atoms with Gasteiger partial charge in [-0.1, -0.05) is 36.4 Å². The van der Waals surface area contributed by atoms with E-state index in [1.54, 1.807) is 42.7 Å². The van der Waals surface area contributed by atoms with Crippen LogP contribution in [0.2, 0.25) is 0 Å². The third kappa shape index (κ3) is 4.76. The van der Waals surface area contributed by atoms with E-state index in [0.29, 0.717) is 23.0 Å². The molecule has 1 unspecified atom stereocenters. The van der Waals surface area contributed by atoms with Gasteiger partial charge in [-0.3, -0.25) is 4.79 Å². The van der Waals surface area contributed by atoms with Gasteiger partial charge in [-0.15, -0.1) is 0 Å². The normalized spacial score (nSPS) is 11.7. The molecule has 4 aromatic rings. The molecule has 0 spiro atoms. The number of nitrogens with one attached hydrogen (secondary N) is 3. The Labute approximate surface area is 185 Å². The number of aromatic nitrogens is 3. The van der Waals surface area contributed by atoms with Gasteiger partial charge >= 0.3 is 0 Å². The van der Waals surface area contributed by atoms with Crippen molar-refractivity contribution in [2.75, 3.05) is 11.9 Å². The molecule has 0 saturated heterocycles. The molecule has 0 fully saturated rings. The first kappa shape index (κ1) is 21.1. The SMILES string of the molecule is Cc1cnc(Nc2cccc(O)c2)nc1-c1c[nH]c(C(=O)NC(CO)c2ccccc2)c1. The van der Waals surface area contributed by atoms with Gasteiger partial charge in [0.15, 0.2) is 0 Å². The lowest BCUT2D eigenvalue weighted by Gasteiger charge is -2.16. The highest BCUT2D eigenvalue weighted by Crippen LogP contribution is 2.25. The van der Waals surface area contributed by atoms with E-state index in [1.165, 1.54) is 0 Å². The van der Waals surface area contributed by atoms with Crippen LogP contribution in [0.15, 0.2) is 73.1 Å². The van der Waals surface area contributed by atoms with E-state index in [9.17, 15) is 15.0 Å². The molecule has 2 heterocycles. The molecule has 8 heteroatoms. The van der Waals surface area contributed by atoms with E-state index in [-0.39, 0.29) is 18.3 Å².